The van der Waals surface area contributed by atoms with Gasteiger partial charge in [-0.3, -0.25) is 0 Å². The van der Waals surface area contributed by atoms with Gasteiger partial charge in [0.25, 0.3) is 0 Å². The van der Waals surface area contributed by atoms with Gasteiger partial charge in [0.2, 0.25) is 5.95 Å². The van der Waals surface area contributed by atoms with Gasteiger partial charge >= 0.3 is 6.36 Å². The van der Waals surface area contributed by atoms with E-state index in [1.165, 1.54) is 24.4 Å². The van der Waals surface area contributed by atoms with Gasteiger partial charge in [-0.15, -0.1) is 13.2 Å². The minimum atomic E-state index is -4.75. The van der Waals surface area contributed by atoms with Crippen molar-refractivity contribution in [2.75, 3.05) is 5.32 Å². The molecule has 114 valence electrons. The summed E-state index contributed by atoms with van der Waals surface area (Å²) in [7, 11) is 0. The Labute approximate surface area is 124 Å². The summed E-state index contributed by atoms with van der Waals surface area (Å²) in [5, 5.41) is 11.6. The van der Waals surface area contributed by atoms with Crippen LogP contribution < -0.4 is 10.1 Å². The molecule has 2 aromatic rings. The third kappa shape index (κ3) is 4.09. The molecule has 0 aliphatic carbocycles. The number of hydrogen-bond acceptors (Lipinski definition) is 5. The van der Waals surface area contributed by atoms with Gasteiger partial charge in [0.15, 0.2) is 0 Å². The van der Waals surface area contributed by atoms with E-state index >= 15 is 0 Å². The highest BCUT2D eigenvalue weighted by molar-refractivity contribution is 5.39. The molecule has 0 spiro atoms. The Balaban J connectivity index is 2.12. The normalized spacial score (nSPS) is 10.9. The molecule has 0 aliphatic rings. The molecule has 1 N–H and O–H groups in total. The third-order valence-corrected chi connectivity index (χ3v) is 2.74. The third-order valence-electron chi connectivity index (χ3n) is 2.74. The zero-order valence-corrected chi connectivity index (χ0v) is 11.5. The molecular formula is C14H11F3N4O. The molecule has 0 saturated heterocycles. The Morgan fingerprint density at radius 3 is 2.68 bits per heavy atom. The lowest BCUT2D eigenvalue weighted by Gasteiger charge is -2.13. The van der Waals surface area contributed by atoms with Crippen molar-refractivity contribution in [1.82, 2.24) is 9.97 Å². The molecule has 0 bridgehead atoms. The molecule has 8 heteroatoms. The number of rotatable bonds is 4. The fourth-order valence-corrected chi connectivity index (χ4v) is 1.71. The average Bonchev–Trinajstić information content (AvgIpc) is 2.45. The first-order valence-electron chi connectivity index (χ1n) is 6.20. The van der Waals surface area contributed by atoms with Crippen LogP contribution in [0.4, 0.5) is 19.1 Å². The van der Waals surface area contributed by atoms with Gasteiger partial charge in [-0.2, -0.15) is 5.26 Å². The van der Waals surface area contributed by atoms with E-state index in [9.17, 15) is 13.2 Å². The van der Waals surface area contributed by atoms with Crippen LogP contribution >= 0.6 is 0 Å². The van der Waals surface area contributed by atoms with Crippen molar-refractivity contribution < 1.29 is 17.9 Å². The van der Waals surface area contributed by atoms with E-state index in [1.54, 1.807) is 13.0 Å². The molecule has 5 nitrogen and oxygen atoms in total. The number of alkyl halides is 3. The topological polar surface area (TPSA) is 70.8 Å². The first-order chi connectivity index (χ1) is 10.4. The quantitative estimate of drug-likeness (QED) is 0.939. The van der Waals surface area contributed by atoms with Crippen LogP contribution in [0, 0.1) is 18.3 Å². The molecule has 0 aliphatic heterocycles. The van der Waals surface area contributed by atoms with E-state index in [0.29, 0.717) is 16.8 Å². The second-order valence-electron chi connectivity index (χ2n) is 4.31. The number of para-hydroxylation sites is 1. The summed E-state index contributed by atoms with van der Waals surface area (Å²) in [6.45, 7) is 1.70. The molecule has 0 unspecified atom stereocenters. The zero-order valence-electron chi connectivity index (χ0n) is 11.5. The number of benzene rings is 1. The van der Waals surface area contributed by atoms with Crippen molar-refractivity contribution in [1.29, 1.82) is 5.26 Å². The van der Waals surface area contributed by atoms with Crippen LogP contribution in [0.2, 0.25) is 0 Å². The summed E-state index contributed by atoms with van der Waals surface area (Å²) in [5.41, 5.74) is 1.14. The Kier molecular flexibility index (Phi) is 4.46. The minimum absolute atomic E-state index is 0.0532. The molecule has 1 aromatic carbocycles. The largest absolute Gasteiger partial charge is 0.573 e. The average molecular weight is 308 g/mol. The van der Waals surface area contributed by atoms with Gasteiger partial charge in [0.1, 0.15) is 11.8 Å². The van der Waals surface area contributed by atoms with Crippen molar-refractivity contribution in [2.24, 2.45) is 0 Å². The summed E-state index contributed by atoms with van der Waals surface area (Å²) in [5.74, 6) is -0.0637. The fraction of sp³-hybridized carbons (Fsp3) is 0.214. The standard InChI is InChI=1S/C14H11F3N4O/c1-9-11(6-18)8-20-13(21-9)19-7-10-4-2-3-5-12(10)22-14(15,16)17/h2-5,8H,7H2,1H3,(H,19,20,21). The summed E-state index contributed by atoms with van der Waals surface area (Å²) in [6.07, 6.45) is -3.40. The molecule has 0 fully saturated rings. The van der Waals surface area contributed by atoms with E-state index in [4.69, 9.17) is 5.26 Å². The van der Waals surface area contributed by atoms with E-state index in [0.717, 1.165) is 0 Å². The molecule has 2 rings (SSSR count). The van der Waals surface area contributed by atoms with E-state index < -0.39 is 6.36 Å². The van der Waals surface area contributed by atoms with E-state index in [1.807, 2.05) is 6.07 Å². The second-order valence-corrected chi connectivity index (χ2v) is 4.31. The number of hydrogen-bond donors (Lipinski definition) is 1. The Morgan fingerprint density at radius 1 is 1.32 bits per heavy atom. The number of nitrogens with one attached hydrogen (secondary N) is 1. The Hall–Kier alpha value is -2.82. The van der Waals surface area contributed by atoms with Crippen LogP contribution in [-0.2, 0) is 6.54 Å². The molecule has 1 aromatic heterocycles. The second kappa shape index (κ2) is 6.30. The molecule has 0 saturated carbocycles. The fourth-order valence-electron chi connectivity index (χ4n) is 1.71. The molecular weight excluding hydrogens is 297 g/mol. The van der Waals surface area contributed by atoms with Gasteiger partial charge in [0, 0.05) is 12.1 Å². The predicted molar refractivity (Wildman–Crippen MR) is 71.9 cm³/mol. The SMILES string of the molecule is Cc1nc(NCc2ccccc2OC(F)(F)F)ncc1C#N. The smallest absolute Gasteiger partial charge is 0.405 e. The molecule has 22 heavy (non-hydrogen) atoms. The van der Waals surface area contributed by atoms with Crippen LogP contribution in [0.15, 0.2) is 30.5 Å². The molecule has 0 atom stereocenters. The van der Waals surface area contributed by atoms with Gasteiger partial charge < -0.3 is 10.1 Å². The molecule has 1 heterocycles. The monoisotopic (exact) mass is 308 g/mol. The number of aromatic nitrogens is 2. The van der Waals surface area contributed by atoms with Crippen LogP contribution in [0.3, 0.4) is 0 Å². The van der Waals surface area contributed by atoms with Crippen LogP contribution in [0.1, 0.15) is 16.8 Å². The number of aryl methyl sites for hydroxylation is 1. The zero-order chi connectivity index (χ0) is 16.2. The lowest BCUT2D eigenvalue weighted by molar-refractivity contribution is -0.274. The highest BCUT2D eigenvalue weighted by atomic mass is 19.4. The summed E-state index contributed by atoms with van der Waals surface area (Å²) < 4.78 is 40.9. The number of halogens is 3. The van der Waals surface area contributed by atoms with Crippen molar-refractivity contribution in [3.8, 4) is 11.8 Å². The van der Waals surface area contributed by atoms with Crippen molar-refractivity contribution in [3.63, 3.8) is 0 Å². The predicted octanol–water partition coefficient (Wildman–Crippen LogP) is 3.17. The van der Waals surface area contributed by atoms with E-state index in [2.05, 4.69) is 20.0 Å². The van der Waals surface area contributed by atoms with Crippen LogP contribution in [0.25, 0.3) is 0 Å². The summed E-state index contributed by atoms with van der Waals surface area (Å²) >= 11 is 0. The first-order valence-corrected chi connectivity index (χ1v) is 6.20. The number of nitriles is 1. The van der Waals surface area contributed by atoms with Crippen LogP contribution in [-0.4, -0.2) is 16.3 Å². The Bertz CT molecular complexity index is 710. The first kappa shape index (κ1) is 15.6. The lowest BCUT2D eigenvalue weighted by atomic mass is 10.2. The maximum atomic E-state index is 12.3. The summed E-state index contributed by atoms with van der Waals surface area (Å²) in [6, 6.07) is 7.72. The van der Waals surface area contributed by atoms with Gasteiger partial charge in [-0.25, -0.2) is 9.97 Å². The maximum Gasteiger partial charge on any atom is 0.573 e. The molecule has 0 amide bonds. The van der Waals surface area contributed by atoms with Crippen LogP contribution in [0.5, 0.6) is 5.75 Å². The van der Waals surface area contributed by atoms with Crippen molar-refractivity contribution in [3.05, 3.63) is 47.3 Å². The number of ether oxygens (including phenoxy) is 1. The highest BCUT2D eigenvalue weighted by Crippen LogP contribution is 2.26. The van der Waals surface area contributed by atoms with Gasteiger partial charge in [-0.05, 0) is 13.0 Å². The number of nitrogens with zero attached hydrogens (tertiary/aromatic N) is 3. The van der Waals surface area contributed by atoms with Crippen molar-refractivity contribution >= 4 is 5.95 Å². The van der Waals surface area contributed by atoms with E-state index in [-0.39, 0.29) is 18.2 Å². The maximum absolute atomic E-state index is 12.3. The van der Waals surface area contributed by atoms with Crippen molar-refractivity contribution in [2.45, 2.75) is 19.8 Å². The lowest BCUT2D eigenvalue weighted by Crippen LogP contribution is -2.18. The highest BCUT2D eigenvalue weighted by Gasteiger charge is 2.31. The number of anilines is 1. The minimum Gasteiger partial charge on any atom is -0.405 e. The Morgan fingerprint density at radius 2 is 2.05 bits per heavy atom. The van der Waals surface area contributed by atoms with Gasteiger partial charge in [0.05, 0.1) is 17.5 Å². The molecule has 0 radical (unpaired) electrons. The van der Waals surface area contributed by atoms with Gasteiger partial charge in [-0.1, -0.05) is 18.2 Å². The summed E-state index contributed by atoms with van der Waals surface area (Å²) in [4.78, 5) is 7.98.